The normalized spacial score (nSPS) is 20.0. The number of carbonyl (C=O) groups is 1. The number of benzene rings is 2. The first-order valence-electron chi connectivity index (χ1n) is 10.5. The van der Waals surface area contributed by atoms with E-state index in [1.54, 1.807) is 14.0 Å². The van der Waals surface area contributed by atoms with E-state index in [9.17, 15) is 9.90 Å². The fourth-order valence-corrected chi connectivity index (χ4v) is 5.58. The number of hydrogen-bond acceptors (Lipinski definition) is 4. The number of aromatic nitrogens is 1. The molecule has 1 aromatic heterocycles. The lowest BCUT2D eigenvalue weighted by Crippen LogP contribution is -2.66. The number of halogens is 1. The number of aliphatic hydroxyl groups is 1. The summed E-state index contributed by atoms with van der Waals surface area (Å²) in [6.45, 7) is 4.48. The molecule has 6 nitrogen and oxygen atoms in total. The monoisotopic (exact) mass is 439 g/mol. The van der Waals surface area contributed by atoms with Gasteiger partial charge in [-0.3, -0.25) is 9.69 Å². The molecule has 7 heteroatoms. The van der Waals surface area contributed by atoms with E-state index in [0.29, 0.717) is 6.54 Å². The van der Waals surface area contributed by atoms with Crippen molar-refractivity contribution >= 4 is 28.4 Å². The number of ether oxygens (including phenoxy) is 1. The second-order valence-corrected chi connectivity index (χ2v) is 9.09. The maximum Gasteiger partial charge on any atom is 0.220 e. The number of amides is 1. The van der Waals surface area contributed by atoms with Crippen molar-refractivity contribution in [3.8, 4) is 5.75 Å². The molecule has 3 heterocycles. The highest BCUT2D eigenvalue weighted by molar-refractivity contribution is 6.31. The van der Waals surface area contributed by atoms with E-state index in [2.05, 4.69) is 22.0 Å². The summed E-state index contributed by atoms with van der Waals surface area (Å²) in [5, 5.41) is 12.1. The number of aromatic amines is 1. The molecule has 0 unspecified atom stereocenters. The van der Waals surface area contributed by atoms with E-state index in [1.165, 1.54) is 5.56 Å². The first-order valence-corrected chi connectivity index (χ1v) is 10.9. The van der Waals surface area contributed by atoms with E-state index < -0.39 is 0 Å². The zero-order valence-electron chi connectivity index (χ0n) is 17.7. The van der Waals surface area contributed by atoms with Crippen molar-refractivity contribution in [3.63, 3.8) is 0 Å². The molecule has 1 saturated heterocycles. The van der Waals surface area contributed by atoms with Gasteiger partial charge in [0.25, 0.3) is 0 Å². The largest absolute Gasteiger partial charge is 0.497 e. The van der Waals surface area contributed by atoms with Gasteiger partial charge in [-0.2, -0.15) is 0 Å². The van der Waals surface area contributed by atoms with Crippen LogP contribution in [0.15, 0.2) is 42.5 Å². The Morgan fingerprint density at radius 2 is 2.03 bits per heavy atom. The van der Waals surface area contributed by atoms with Crippen LogP contribution in [0.3, 0.4) is 0 Å². The second-order valence-electron chi connectivity index (χ2n) is 8.69. The fraction of sp³-hybridized carbons (Fsp3) is 0.375. The minimum Gasteiger partial charge on any atom is -0.497 e. The molecule has 3 aromatic rings. The number of carbonyl (C=O) groups excluding carboxylic acids is 1. The number of likely N-dealkylation sites (tertiary alicyclic amines) is 1. The SMILES string of the molecule is COc1ccc2c3c([nH]c2c1)[C@H](CO)N(C(C)=O)CC31CN(Cc2ccccc2Cl)C1. The predicted octanol–water partition coefficient (Wildman–Crippen LogP) is 3.48. The molecule has 162 valence electrons. The summed E-state index contributed by atoms with van der Waals surface area (Å²) in [5.41, 5.74) is 4.05. The van der Waals surface area contributed by atoms with Gasteiger partial charge in [0.2, 0.25) is 5.91 Å². The van der Waals surface area contributed by atoms with Gasteiger partial charge in [0.05, 0.1) is 19.8 Å². The van der Waals surface area contributed by atoms with Crippen LogP contribution >= 0.6 is 11.6 Å². The number of nitrogens with one attached hydrogen (secondary N) is 1. The highest BCUT2D eigenvalue weighted by Gasteiger charge is 2.53. The van der Waals surface area contributed by atoms with Crippen LogP contribution in [0.25, 0.3) is 10.9 Å². The first-order chi connectivity index (χ1) is 15.0. The summed E-state index contributed by atoms with van der Waals surface area (Å²) in [6, 6.07) is 13.6. The van der Waals surface area contributed by atoms with E-state index in [1.807, 2.05) is 35.2 Å². The zero-order chi connectivity index (χ0) is 21.8. The van der Waals surface area contributed by atoms with Crippen molar-refractivity contribution in [2.24, 2.45) is 0 Å². The highest BCUT2D eigenvalue weighted by atomic mass is 35.5. The van der Waals surface area contributed by atoms with Crippen LogP contribution in [0.4, 0.5) is 0 Å². The molecule has 2 aliphatic heterocycles. The third-order valence-electron chi connectivity index (χ3n) is 6.73. The van der Waals surface area contributed by atoms with Gasteiger partial charge < -0.3 is 19.7 Å². The van der Waals surface area contributed by atoms with Crippen LogP contribution in [-0.4, -0.2) is 59.1 Å². The molecular weight excluding hydrogens is 414 g/mol. The van der Waals surface area contributed by atoms with Gasteiger partial charge in [-0.25, -0.2) is 0 Å². The van der Waals surface area contributed by atoms with Crippen LogP contribution in [0, 0.1) is 0 Å². The third kappa shape index (κ3) is 3.21. The van der Waals surface area contributed by atoms with Gasteiger partial charge in [-0.05, 0) is 29.3 Å². The molecule has 0 saturated carbocycles. The van der Waals surface area contributed by atoms with Crippen molar-refractivity contribution in [1.82, 2.24) is 14.8 Å². The highest BCUT2D eigenvalue weighted by Crippen LogP contribution is 2.49. The predicted molar refractivity (Wildman–Crippen MR) is 120 cm³/mol. The second kappa shape index (κ2) is 7.55. The Balaban J connectivity index is 1.55. The van der Waals surface area contributed by atoms with Crippen molar-refractivity contribution in [1.29, 1.82) is 0 Å². The molecule has 1 atom stereocenters. The molecule has 2 aliphatic rings. The van der Waals surface area contributed by atoms with E-state index in [4.69, 9.17) is 16.3 Å². The fourth-order valence-electron chi connectivity index (χ4n) is 5.38. The maximum absolute atomic E-state index is 12.5. The molecule has 2 aromatic carbocycles. The molecule has 1 fully saturated rings. The average molecular weight is 440 g/mol. The molecule has 2 N–H and O–H groups in total. The maximum atomic E-state index is 12.5. The number of methoxy groups -OCH3 is 1. The summed E-state index contributed by atoms with van der Waals surface area (Å²) < 4.78 is 5.40. The lowest BCUT2D eigenvalue weighted by atomic mass is 9.68. The number of rotatable bonds is 4. The molecule has 0 bridgehead atoms. The summed E-state index contributed by atoms with van der Waals surface area (Å²) in [6.07, 6.45) is 0. The molecular formula is C24H26ClN3O3. The number of nitrogens with zero attached hydrogens (tertiary/aromatic N) is 2. The number of H-pyrrole nitrogens is 1. The Labute approximate surface area is 186 Å². The molecule has 0 radical (unpaired) electrons. The molecule has 31 heavy (non-hydrogen) atoms. The quantitative estimate of drug-likeness (QED) is 0.653. The Bertz CT molecular complexity index is 1150. The van der Waals surface area contributed by atoms with Crippen LogP contribution in [0.2, 0.25) is 5.02 Å². The smallest absolute Gasteiger partial charge is 0.220 e. The van der Waals surface area contributed by atoms with Crippen molar-refractivity contribution in [2.45, 2.75) is 24.9 Å². The van der Waals surface area contributed by atoms with Crippen LogP contribution < -0.4 is 4.74 Å². The number of hydrogen-bond donors (Lipinski definition) is 2. The summed E-state index contributed by atoms with van der Waals surface area (Å²) in [4.78, 5) is 20.2. The van der Waals surface area contributed by atoms with Gasteiger partial charge in [0.1, 0.15) is 5.75 Å². The summed E-state index contributed by atoms with van der Waals surface area (Å²) in [5.74, 6) is 0.753. The van der Waals surface area contributed by atoms with Gasteiger partial charge in [-0.15, -0.1) is 0 Å². The van der Waals surface area contributed by atoms with Gasteiger partial charge >= 0.3 is 0 Å². The van der Waals surface area contributed by atoms with Crippen LogP contribution in [0.1, 0.15) is 29.8 Å². The Morgan fingerprint density at radius 3 is 2.71 bits per heavy atom. The first kappa shape index (κ1) is 20.4. The van der Waals surface area contributed by atoms with Crippen molar-refractivity contribution in [2.75, 3.05) is 33.4 Å². The Morgan fingerprint density at radius 1 is 1.26 bits per heavy atom. The lowest BCUT2D eigenvalue weighted by molar-refractivity contribution is -0.136. The van der Waals surface area contributed by atoms with Crippen LogP contribution in [0.5, 0.6) is 5.75 Å². The minimum atomic E-state index is -0.367. The Kier molecular flexibility index (Phi) is 4.96. The van der Waals surface area contributed by atoms with E-state index in [-0.39, 0.29) is 24.0 Å². The number of fused-ring (bicyclic) bond motifs is 4. The molecule has 1 amide bonds. The van der Waals surface area contributed by atoms with Crippen molar-refractivity contribution in [3.05, 3.63) is 64.3 Å². The molecule has 5 rings (SSSR count). The standard InChI is InChI=1S/C24H26ClN3O3/c1-15(30)28-14-24(12-27(13-24)10-16-5-3-4-6-19(16)25)22-18-8-7-17(31-2)9-20(18)26-23(22)21(28)11-29/h3-9,21,26,29H,10-14H2,1-2H3/t21-/m0/s1. The topological polar surface area (TPSA) is 68.8 Å². The van der Waals surface area contributed by atoms with E-state index in [0.717, 1.165) is 52.6 Å². The molecule has 1 spiro atoms. The zero-order valence-corrected chi connectivity index (χ0v) is 18.4. The Hall–Kier alpha value is -2.54. The van der Waals surface area contributed by atoms with Gasteiger partial charge in [0, 0.05) is 66.2 Å². The third-order valence-corrected chi connectivity index (χ3v) is 7.10. The van der Waals surface area contributed by atoms with Crippen molar-refractivity contribution < 1.29 is 14.6 Å². The minimum absolute atomic E-state index is 0.0233. The van der Waals surface area contributed by atoms with Crippen LogP contribution in [-0.2, 0) is 16.8 Å². The van der Waals surface area contributed by atoms with Gasteiger partial charge in [-0.1, -0.05) is 29.8 Å². The number of aliphatic hydroxyl groups excluding tert-OH is 1. The van der Waals surface area contributed by atoms with E-state index >= 15 is 0 Å². The summed E-state index contributed by atoms with van der Waals surface area (Å²) >= 11 is 6.38. The summed E-state index contributed by atoms with van der Waals surface area (Å²) in [7, 11) is 1.65. The molecule has 0 aliphatic carbocycles. The average Bonchev–Trinajstić information content (AvgIpc) is 3.12. The lowest BCUT2D eigenvalue weighted by Gasteiger charge is -2.56. The van der Waals surface area contributed by atoms with Gasteiger partial charge in [0.15, 0.2) is 0 Å².